The Morgan fingerprint density at radius 1 is 1.82 bits per heavy atom. The molecule has 0 aromatic rings. The van der Waals surface area contributed by atoms with E-state index in [2.05, 4.69) is 11.9 Å². The summed E-state index contributed by atoms with van der Waals surface area (Å²) in [5, 5.41) is 2.88. The molecular formula is C8H13NO2. The van der Waals surface area contributed by atoms with Gasteiger partial charge in [-0.15, -0.1) is 0 Å². The highest BCUT2D eigenvalue weighted by Crippen LogP contribution is 2.08. The van der Waals surface area contributed by atoms with Gasteiger partial charge in [-0.25, -0.2) is 4.79 Å². The Kier molecular flexibility index (Phi) is 2.65. The molecule has 0 bridgehead atoms. The lowest BCUT2D eigenvalue weighted by atomic mass is 10.2. The van der Waals surface area contributed by atoms with Crippen molar-refractivity contribution in [1.29, 1.82) is 0 Å². The Balaban J connectivity index is 2.21. The van der Waals surface area contributed by atoms with Gasteiger partial charge in [0, 0.05) is 12.1 Å². The third-order valence-corrected chi connectivity index (χ3v) is 1.46. The molecule has 1 heterocycles. The van der Waals surface area contributed by atoms with Gasteiger partial charge >= 0.3 is 5.97 Å². The van der Waals surface area contributed by atoms with E-state index >= 15 is 0 Å². The van der Waals surface area contributed by atoms with Crippen LogP contribution in [0.4, 0.5) is 0 Å². The van der Waals surface area contributed by atoms with Gasteiger partial charge in [0.2, 0.25) is 0 Å². The molecule has 1 aliphatic rings. The van der Waals surface area contributed by atoms with Crippen LogP contribution in [0.25, 0.3) is 0 Å². The van der Waals surface area contributed by atoms with Gasteiger partial charge < -0.3 is 4.74 Å². The Morgan fingerprint density at radius 3 is 2.91 bits per heavy atom. The lowest BCUT2D eigenvalue weighted by Gasteiger charge is -2.02. The van der Waals surface area contributed by atoms with Crippen molar-refractivity contribution in [3.8, 4) is 0 Å². The first-order chi connectivity index (χ1) is 5.24. The van der Waals surface area contributed by atoms with Gasteiger partial charge in [0.1, 0.15) is 0 Å². The van der Waals surface area contributed by atoms with E-state index in [0.29, 0.717) is 5.57 Å². The highest BCUT2D eigenvalue weighted by Gasteiger charge is 2.25. The third-order valence-electron chi connectivity index (χ3n) is 1.46. The minimum Gasteiger partial charge on any atom is -0.442 e. The summed E-state index contributed by atoms with van der Waals surface area (Å²) in [7, 11) is 0. The van der Waals surface area contributed by atoms with Gasteiger partial charge in [-0.3, -0.25) is 5.32 Å². The van der Waals surface area contributed by atoms with E-state index in [1.54, 1.807) is 0 Å². The molecule has 1 aliphatic heterocycles. The molecule has 0 saturated carbocycles. The molecule has 1 fully saturated rings. The summed E-state index contributed by atoms with van der Waals surface area (Å²) >= 11 is 0. The summed E-state index contributed by atoms with van der Waals surface area (Å²) in [6.07, 6.45) is 1.62. The van der Waals surface area contributed by atoms with E-state index < -0.39 is 0 Å². The minimum atomic E-state index is -0.262. The Bertz CT molecular complexity index is 173. The van der Waals surface area contributed by atoms with Crippen molar-refractivity contribution in [3.63, 3.8) is 0 Å². The predicted molar refractivity (Wildman–Crippen MR) is 41.9 cm³/mol. The van der Waals surface area contributed by atoms with Crippen LogP contribution in [0.1, 0.15) is 19.8 Å². The lowest BCUT2D eigenvalue weighted by molar-refractivity contribution is -0.140. The fourth-order valence-corrected chi connectivity index (χ4v) is 0.748. The maximum atomic E-state index is 11.0. The highest BCUT2D eigenvalue weighted by molar-refractivity contribution is 5.87. The zero-order chi connectivity index (χ0) is 8.27. The van der Waals surface area contributed by atoms with E-state index in [-0.39, 0.29) is 12.2 Å². The van der Waals surface area contributed by atoms with Gasteiger partial charge in [-0.05, 0) is 6.42 Å². The second-order valence-electron chi connectivity index (χ2n) is 2.66. The van der Waals surface area contributed by atoms with E-state index in [1.807, 2.05) is 6.92 Å². The molecule has 3 heteroatoms. The van der Waals surface area contributed by atoms with Crippen LogP contribution in [0.15, 0.2) is 12.2 Å². The van der Waals surface area contributed by atoms with Crippen LogP contribution in [-0.2, 0) is 9.53 Å². The normalized spacial score (nSPS) is 21.0. The standard InChI is InChI=1S/C8H13NO2/c1-3-4-6(2)8(10)11-7-5-9-7/h7,9H,2-5H2,1H3. The number of hydrogen-bond donors (Lipinski definition) is 1. The number of esters is 1. The largest absolute Gasteiger partial charge is 0.442 e. The van der Waals surface area contributed by atoms with Gasteiger partial charge in [0.05, 0.1) is 0 Å². The van der Waals surface area contributed by atoms with Crippen molar-refractivity contribution in [2.45, 2.75) is 26.0 Å². The van der Waals surface area contributed by atoms with Crippen molar-refractivity contribution in [1.82, 2.24) is 5.32 Å². The average Bonchev–Trinajstić information content (AvgIpc) is 2.72. The molecule has 0 aromatic heterocycles. The van der Waals surface area contributed by atoms with E-state index in [1.165, 1.54) is 0 Å². The molecule has 1 unspecified atom stereocenters. The molecule has 1 saturated heterocycles. The van der Waals surface area contributed by atoms with Crippen LogP contribution in [0.2, 0.25) is 0 Å². The molecule has 1 rings (SSSR count). The Labute approximate surface area is 66.4 Å². The van der Waals surface area contributed by atoms with E-state index in [0.717, 1.165) is 19.4 Å². The molecule has 1 N–H and O–H groups in total. The summed E-state index contributed by atoms with van der Waals surface area (Å²) in [5.41, 5.74) is 0.571. The van der Waals surface area contributed by atoms with E-state index in [9.17, 15) is 4.79 Å². The molecule has 1 atom stereocenters. The topological polar surface area (TPSA) is 48.2 Å². The maximum absolute atomic E-state index is 11.0. The molecule has 62 valence electrons. The fraction of sp³-hybridized carbons (Fsp3) is 0.625. The molecule has 11 heavy (non-hydrogen) atoms. The highest BCUT2D eigenvalue weighted by atomic mass is 16.6. The quantitative estimate of drug-likeness (QED) is 0.371. The number of nitrogens with one attached hydrogen (secondary N) is 1. The first kappa shape index (κ1) is 8.27. The van der Waals surface area contributed by atoms with Gasteiger partial charge in [-0.1, -0.05) is 19.9 Å². The van der Waals surface area contributed by atoms with Crippen molar-refractivity contribution < 1.29 is 9.53 Å². The fourth-order valence-electron chi connectivity index (χ4n) is 0.748. The van der Waals surface area contributed by atoms with Crippen molar-refractivity contribution >= 4 is 5.97 Å². The van der Waals surface area contributed by atoms with Crippen LogP contribution < -0.4 is 5.32 Å². The van der Waals surface area contributed by atoms with Crippen molar-refractivity contribution in [2.75, 3.05) is 6.54 Å². The number of carbonyl (C=O) groups excluding carboxylic acids is 1. The van der Waals surface area contributed by atoms with Crippen LogP contribution >= 0.6 is 0 Å². The molecule has 0 spiro atoms. The first-order valence-electron chi connectivity index (χ1n) is 3.86. The number of hydrogen-bond acceptors (Lipinski definition) is 3. The van der Waals surface area contributed by atoms with Gasteiger partial charge in [-0.2, -0.15) is 0 Å². The summed E-state index contributed by atoms with van der Waals surface area (Å²) < 4.78 is 4.93. The lowest BCUT2D eigenvalue weighted by Crippen LogP contribution is -2.10. The zero-order valence-corrected chi connectivity index (χ0v) is 6.72. The average molecular weight is 155 g/mol. The summed E-state index contributed by atoms with van der Waals surface area (Å²) in [5.74, 6) is -0.262. The first-order valence-corrected chi connectivity index (χ1v) is 3.86. The SMILES string of the molecule is C=C(CCC)C(=O)OC1CN1. The summed E-state index contributed by atoms with van der Waals surface area (Å²) in [6.45, 7) is 6.41. The number of rotatable bonds is 4. The van der Waals surface area contributed by atoms with E-state index in [4.69, 9.17) is 4.74 Å². The Morgan fingerprint density at radius 2 is 2.45 bits per heavy atom. The molecule has 0 aliphatic carbocycles. The monoisotopic (exact) mass is 155 g/mol. The van der Waals surface area contributed by atoms with Gasteiger partial charge in [0.25, 0.3) is 0 Å². The maximum Gasteiger partial charge on any atom is 0.335 e. The molecule has 0 radical (unpaired) electrons. The van der Waals surface area contributed by atoms with Crippen LogP contribution in [0.3, 0.4) is 0 Å². The van der Waals surface area contributed by atoms with Crippen molar-refractivity contribution in [3.05, 3.63) is 12.2 Å². The predicted octanol–water partition coefficient (Wildman–Crippen LogP) is 0.815. The van der Waals surface area contributed by atoms with Gasteiger partial charge in [0.15, 0.2) is 6.23 Å². The second kappa shape index (κ2) is 3.53. The second-order valence-corrected chi connectivity index (χ2v) is 2.66. The molecular weight excluding hydrogens is 142 g/mol. The number of carbonyl (C=O) groups is 1. The summed E-state index contributed by atoms with van der Waals surface area (Å²) in [6, 6.07) is 0. The smallest absolute Gasteiger partial charge is 0.335 e. The minimum absolute atomic E-state index is 0.0453. The Hall–Kier alpha value is -0.830. The van der Waals surface area contributed by atoms with Crippen LogP contribution in [0.5, 0.6) is 0 Å². The molecule has 3 nitrogen and oxygen atoms in total. The summed E-state index contributed by atoms with van der Waals surface area (Å²) in [4.78, 5) is 11.0. The van der Waals surface area contributed by atoms with Crippen LogP contribution in [-0.4, -0.2) is 18.7 Å². The van der Waals surface area contributed by atoms with Crippen LogP contribution in [0, 0.1) is 0 Å². The molecule has 0 amide bonds. The number of ether oxygens (including phenoxy) is 1. The van der Waals surface area contributed by atoms with Crippen molar-refractivity contribution in [2.24, 2.45) is 0 Å². The third kappa shape index (κ3) is 2.72. The molecule has 0 aromatic carbocycles. The zero-order valence-electron chi connectivity index (χ0n) is 6.72.